The van der Waals surface area contributed by atoms with Crippen LogP contribution in [0.25, 0.3) is 0 Å². The number of aliphatic carboxylic acids is 4. The van der Waals surface area contributed by atoms with Crippen molar-refractivity contribution in [1.82, 2.24) is 31.9 Å². The maximum absolute atomic E-state index is 14.2. The van der Waals surface area contributed by atoms with Gasteiger partial charge in [-0.25, -0.2) is 0 Å². The monoisotopic (exact) mass is 1800 g/mol. The standard InChI is InChI=1S/2C42H56N6O12S2/c43-30-23-61-22-29(8-4-5-9-38(54)55)62-21-27(42(59)60)19-35(51)32(20-37(45)53)47-40(57)31(14-15-36(44)52)46-41(58)33(17-24-6-2-1-3-7-24)48-39(56)26(18-34(30)50)16-25-10-12-28(49)13-11-25;43-30-23-62-29(8-4-5-9-38(54)55)22-61-21-27(42(59)60)19-35(51)32(20-37(45)53)47-40(57)31(14-15-36(44)52)46-41(58)33(17-24-6-2-1-3-7-24)48-39(56)26(18-34(30)50)16-25-10-12-28(49)13-11-25/h2*1-3,6-7,10-13,26-27,29-33,49H,4-5,8-9,14-23,43H2,(H2,44,52)(H2,45,53)(H,46,58)(H,47,57)(H,48,56)(H,54,55)(H,59,60)/t2*26-,27+,29?,30+,31+,32+,33+/m11/s1. The fraction of sp³-hybridized carbons (Fsp3) is 0.500. The van der Waals surface area contributed by atoms with Gasteiger partial charge >= 0.3 is 23.9 Å². The highest BCUT2D eigenvalue weighted by Gasteiger charge is 2.39. The second kappa shape index (κ2) is 54.6. The molecule has 0 aliphatic carbocycles. The van der Waals surface area contributed by atoms with Crippen LogP contribution >= 0.6 is 47.0 Å². The lowest BCUT2D eigenvalue weighted by atomic mass is 9.91. The summed E-state index contributed by atoms with van der Waals surface area (Å²) in [4.78, 5) is 234. The maximum Gasteiger partial charge on any atom is 0.307 e. The Morgan fingerprint density at radius 2 is 0.661 bits per heavy atom. The molecule has 24 N–H and O–H groups in total. The number of unbranched alkanes of at least 4 members (excludes halogenated alkanes) is 2. The van der Waals surface area contributed by atoms with Crippen LogP contribution in [0, 0.1) is 23.7 Å². The van der Waals surface area contributed by atoms with E-state index >= 15 is 0 Å². The number of hydrogen-bond acceptors (Lipinski definition) is 26. The number of ketones is 4. The number of phenolic OH excluding ortho intramolecular Hbond substituents is 2. The molecular weight excluding hydrogens is 1690 g/mol. The number of carbonyl (C=O) groups is 18. The molecule has 6 rings (SSSR count). The van der Waals surface area contributed by atoms with Crippen molar-refractivity contribution in [3.8, 4) is 11.5 Å². The summed E-state index contributed by atoms with van der Waals surface area (Å²) < 4.78 is 0. The molecule has 36 nitrogen and oxygen atoms in total. The van der Waals surface area contributed by atoms with Crippen LogP contribution in [-0.2, 0) is 112 Å². The van der Waals surface area contributed by atoms with E-state index < -0.39 is 217 Å². The largest absolute Gasteiger partial charge is 0.508 e. The number of carboxylic acids is 4. The minimum Gasteiger partial charge on any atom is -0.508 e. The third-order valence-corrected chi connectivity index (χ3v) is 26.0. The Hall–Kier alpha value is -10.9. The Bertz CT molecular complexity index is 4310. The zero-order chi connectivity index (χ0) is 91.5. The number of primary amides is 4. The summed E-state index contributed by atoms with van der Waals surface area (Å²) in [5.74, 6) is -19.9. The van der Waals surface area contributed by atoms with Crippen LogP contribution in [0.1, 0.15) is 138 Å². The van der Waals surface area contributed by atoms with Gasteiger partial charge in [0.15, 0.2) is 23.1 Å². The minimum atomic E-state index is -1.61. The van der Waals surface area contributed by atoms with Crippen LogP contribution in [0.3, 0.4) is 0 Å². The Morgan fingerprint density at radius 3 is 1.02 bits per heavy atom. The van der Waals surface area contributed by atoms with E-state index in [1.807, 2.05) is 0 Å². The summed E-state index contributed by atoms with van der Waals surface area (Å²) in [5, 5.41) is 73.1. The Kier molecular flexibility index (Phi) is 45.6. The van der Waals surface area contributed by atoms with Crippen LogP contribution < -0.4 is 66.3 Å². The quantitative estimate of drug-likeness (QED) is 0.0330. The van der Waals surface area contributed by atoms with Crippen molar-refractivity contribution in [2.45, 2.75) is 200 Å². The molecule has 0 aromatic heterocycles. The third kappa shape index (κ3) is 40.1. The fourth-order valence-corrected chi connectivity index (χ4v) is 18.8. The van der Waals surface area contributed by atoms with Crippen LogP contribution in [0.5, 0.6) is 11.5 Å². The lowest BCUT2D eigenvalue weighted by molar-refractivity contribution is -0.143. The predicted molar refractivity (Wildman–Crippen MR) is 463 cm³/mol. The van der Waals surface area contributed by atoms with Crippen molar-refractivity contribution in [1.29, 1.82) is 0 Å². The summed E-state index contributed by atoms with van der Waals surface area (Å²) in [5.41, 5.74) is 36.8. The molecule has 0 spiro atoms. The van der Waals surface area contributed by atoms with Gasteiger partial charge in [0.05, 0.1) is 48.8 Å². The molecule has 0 saturated carbocycles. The number of rotatable bonds is 30. The summed E-state index contributed by atoms with van der Waals surface area (Å²) in [7, 11) is 0. The molecule has 4 aromatic rings. The molecule has 2 unspecified atom stereocenters. The van der Waals surface area contributed by atoms with Gasteiger partial charge in [-0.15, -0.1) is 0 Å². The number of amides is 10. The molecule has 40 heteroatoms. The molecule has 2 heterocycles. The fourth-order valence-electron chi connectivity index (χ4n) is 13.2. The van der Waals surface area contributed by atoms with E-state index in [4.69, 9.17) is 44.6 Å². The van der Waals surface area contributed by atoms with Crippen molar-refractivity contribution in [3.05, 3.63) is 131 Å². The topological polar surface area (TPSA) is 657 Å². The number of thioether (sulfide) groups is 4. The number of phenols is 2. The molecule has 0 radical (unpaired) electrons. The van der Waals surface area contributed by atoms with E-state index in [9.17, 15) is 107 Å². The highest BCUT2D eigenvalue weighted by Crippen LogP contribution is 2.30. The van der Waals surface area contributed by atoms with Gasteiger partial charge in [-0.1, -0.05) is 97.8 Å². The molecule has 2 fully saturated rings. The predicted octanol–water partition coefficient (Wildman–Crippen LogP) is 1.66. The number of Topliss-reactive ketones (excluding diaryl/α,β-unsaturated/α-hetero) is 4. The molecule has 124 heavy (non-hydrogen) atoms. The average Bonchev–Trinajstić information content (AvgIpc) is 0.846. The van der Waals surface area contributed by atoms with Crippen molar-refractivity contribution in [2.24, 2.45) is 58.1 Å². The normalized spacial score (nSPS) is 24.0. The SMILES string of the molecule is NC(=O)CC[C@@H]1NC(=O)[C@H](Cc2ccccc2)NC(=O)[C@H](Cc2ccc(O)cc2)CC(=O)[C@@H](N)CSC(CCCCC(=O)O)CSC[C@@H](C(=O)O)CC(=O)[C@H](CC(N)=O)NC1=O.NC(=O)CC[C@@H]1NC(=O)[C@H](Cc2ccccc2)NC(=O)[C@H](Cc2ccc(O)cc2)CC(=O)[C@@H](N)CSCC(CCCCC(=O)O)SC[C@@H](C(=O)O)CC(=O)[C@H](CC(N)=O)NC1=O. The first-order valence-corrected chi connectivity index (χ1v) is 44.7. The molecule has 2 aliphatic heterocycles. The number of benzene rings is 4. The maximum atomic E-state index is 14.2. The molecule has 14 atom stereocenters. The Morgan fingerprint density at radius 1 is 0.331 bits per heavy atom. The van der Waals surface area contributed by atoms with Crippen LogP contribution in [-0.4, -0.2) is 230 Å². The molecule has 10 amide bonds. The van der Waals surface area contributed by atoms with E-state index in [0.29, 0.717) is 72.3 Å². The smallest absolute Gasteiger partial charge is 0.307 e. The molecular formula is C84H112N12O24S4. The van der Waals surface area contributed by atoms with Crippen LogP contribution in [0.15, 0.2) is 109 Å². The van der Waals surface area contributed by atoms with Crippen molar-refractivity contribution < 1.29 is 117 Å². The number of hydrogen-bond donors (Lipinski definition) is 18. The van der Waals surface area contributed by atoms with Gasteiger partial charge in [0.2, 0.25) is 59.1 Å². The number of nitrogens with two attached hydrogens (primary N) is 6. The molecule has 0 bridgehead atoms. The first kappa shape index (κ1) is 104. The minimum absolute atomic E-state index is 0.00387. The van der Waals surface area contributed by atoms with E-state index in [1.165, 1.54) is 71.3 Å². The average molecular weight is 1800 g/mol. The number of carbonyl (C=O) groups excluding carboxylic acids is 14. The number of aromatic hydroxyl groups is 2. The van der Waals surface area contributed by atoms with E-state index in [0.717, 1.165) is 0 Å². The van der Waals surface area contributed by atoms with E-state index in [2.05, 4.69) is 31.9 Å². The van der Waals surface area contributed by atoms with Gasteiger partial charge in [-0.3, -0.25) is 86.3 Å². The van der Waals surface area contributed by atoms with E-state index in [1.54, 1.807) is 84.9 Å². The van der Waals surface area contributed by atoms with Gasteiger partial charge in [0.25, 0.3) is 0 Å². The van der Waals surface area contributed by atoms with Crippen LogP contribution in [0.2, 0.25) is 0 Å². The summed E-state index contributed by atoms with van der Waals surface area (Å²) in [6.07, 6.45) is -2.43. The molecule has 2 saturated heterocycles. The van der Waals surface area contributed by atoms with Crippen molar-refractivity contribution in [3.63, 3.8) is 0 Å². The van der Waals surface area contributed by atoms with Gasteiger partial charge in [0.1, 0.15) is 35.7 Å². The Labute approximate surface area is 733 Å². The number of carboxylic acid groups (broad SMARTS) is 4. The lowest BCUT2D eigenvalue weighted by Gasteiger charge is -2.27. The molecule has 4 aromatic carbocycles. The summed E-state index contributed by atoms with van der Waals surface area (Å²) in [6.45, 7) is 0. The van der Waals surface area contributed by atoms with Gasteiger partial charge in [-0.05, 0) is 97.9 Å². The zero-order valence-electron chi connectivity index (χ0n) is 68.4. The van der Waals surface area contributed by atoms with Gasteiger partial charge in [0, 0.05) is 121 Å². The molecule has 2 aliphatic rings. The third-order valence-electron chi connectivity index (χ3n) is 20.2. The lowest BCUT2D eigenvalue weighted by Crippen LogP contribution is -2.57. The highest BCUT2D eigenvalue weighted by molar-refractivity contribution is 8.03. The first-order valence-electron chi connectivity index (χ1n) is 40.3. The highest BCUT2D eigenvalue weighted by atomic mass is 32.2. The number of nitrogens with one attached hydrogen (secondary N) is 6. The second-order valence-electron chi connectivity index (χ2n) is 30.5. The summed E-state index contributed by atoms with van der Waals surface area (Å²) in [6, 6.07) is 18.0. The first-order chi connectivity index (χ1) is 58.8. The van der Waals surface area contributed by atoms with E-state index in [-0.39, 0.29) is 109 Å². The van der Waals surface area contributed by atoms with Crippen molar-refractivity contribution in [2.75, 3.05) is 34.5 Å². The molecule has 676 valence electrons. The zero-order valence-corrected chi connectivity index (χ0v) is 71.7. The van der Waals surface area contributed by atoms with Crippen molar-refractivity contribution >= 4 is 153 Å². The van der Waals surface area contributed by atoms with Crippen LogP contribution in [0.4, 0.5) is 0 Å². The van der Waals surface area contributed by atoms with Gasteiger partial charge in [-0.2, -0.15) is 47.0 Å². The second-order valence-corrected chi connectivity index (χ2v) is 35.3. The summed E-state index contributed by atoms with van der Waals surface area (Å²) >= 11 is 5.11. The van der Waals surface area contributed by atoms with Gasteiger partial charge < -0.3 is 96.9 Å². The Balaban J connectivity index is 0.000000440.